The van der Waals surface area contributed by atoms with Gasteiger partial charge >= 0.3 is 6.09 Å². The van der Waals surface area contributed by atoms with Gasteiger partial charge in [-0.15, -0.1) is 11.6 Å². The molecule has 450 valence electrons. The molecular formula is C59H138ClN9O4. The first-order valence-corrected chi connectivity index (χ1v) is 30.4. The van der Waals surface area contributed by atoms with Gasteiger partial charge in [-0.1, -0.05) is 147 Å². The predicted molar refractivity (Wildman–Crippen MR) is 329 cm³/mol. The third-order valence-corrected chi connectivity index (χ3v) is 10.3. The largest absolute Gasteiger partial charge is 0.444 e. The fraction of sp³-hybridized carbons (Fsp3) is 0.966. The van der Waals surface area contributed by atoms with Crippen molar-refractivity contribution in [1.29, 1.82) is 0 Å². The van der Waals surface area contributed by atoms with E-state index in [1.54, 1.807) is 0 Å². The highest BCUT2D eigenvalue weighted by molar-refractivity contribution is 6.17. The van der Waals surface area contributed by atoms with Crippen molar-refractivity contribution in [3.05, 3.63) is 0 Å². The molecular weight excluding hydrogens is 934 g/mol. The molecule has 0 aliphatic heterocycles. The van der Waals surface area contributed by atoms with Crippen molar-refractivity contribution in [2.24, 2.45) is 58.1 Å². The topological polar surface area (TPSA) is 238 Å². The summed E-state index contributed by atoms with van der Waals surface area (Å²) in [6, 6.07) is 0. The van der Waals surface area contributed by atoms with E-state index < -0.39 is 5.60 Å². The van der Waals surface area contributed by atoms with Crippen LogP contribution in [0.4, 0.5) is 4.79 Å². The monoisotopic (exact) mass is 1070 g/mol. The molecule has 0 bridgehead atoms. The number of halogens is 1. The van der Waals surface area contributed by atoms with Gasteiger partial charge in [0, 0.05) is 38.5 Å². The van der Waals surface area contributed by atoms with Crippen molar-refractivity contribution in [2.45, 2.75) is 251 Å². The van der Waals surface area contributed by atoms with E-state index >= 15 is 0 Å². The standard InChI is InChI=1S/C17H36N2O2.C11H27N3.C10H22.C5H13N.C5H10O.C4H9Cl.C4H12N2.C3H9NO/c1-7-8-12-19(14-15(2)3)13-10-9-11-18-16(20)21-17(4,5)6;1-11(2)10-14(9-5-7-13)8-4-3-6-12;1-4-5-6-7-8-9-10(2)3;1-2-3-4-5-6;1-5(2)3-4-6;1-2-3-4-5;5-3-1-2-4-6;4-2-1-3-5/h15H,7-14H2,1-6H3,(H,18,20);11H,3-10,12-13H2,1-2H3;10H,4-9H2,1-3H3;2-6H2,1H3;4-5H,3H2,1-2H3;2-4H2,1H3;1-6H2;5H,1-4H2. The molecule has 0 saturated heterocycles. The van der Waals surface area contributed by atoms with E-state index in [2.05, 4.69) is 84.4 Å². The zero-order valence-corrected chi connectivity index (χ0v) is 52.7. The van der Waals surface area contributed by atoms with E-state index in [9.17, 15) is 9.59 Å². The Kier molecular flexibility index (Phi) is 96.7. The number of carbonyl (C=O) groups is 2. The number of aliphatic hydroxyl groups is 1. The molecule has 0 radical (unpaired) electrons. The first kappa shape index (κ1) is 88.5. The molecule has 0 aliphatic carbocycles. The van der Waals surface area contributed by atoms with Crippen LogP contribution in [0.5, 0.6) is 0 Å². The minimum Gasteiger partial charge on any atom is -0.444 e. The van der Waals surface area contributed by atoms with Gasteiger partial charge in [-0.2, -0.15) is 0 Å². The lowest BCUT2D eigenvalue weighted by Gasteiger charge is -2.24. The number of aldehydes is 1. The Morgan fingerprint density at radius 1 is 0.521 bits per heavy atom. The highest BCUT2D eigenvalue weighted by Crippen LogP contribution is 2.10. The fourth-order valence-corrected chi connectivity index (χ4v) is 6.29. The van der Waals surface area contributed by atoms with Gasteiger partial charge in [-0.25, -0.2) is 4.79 Å². The summed E-state index contributed by atoms with van der Waals surface area (Å²) in [6.07, 6.45) is 26.9. The van der Waals surface area contributed by atoms with Crippen molar-refractivity contribution < 1.29 is 19.4 Å². The van der Waals surface area contributed by atoms with Gasteiger partial charge < -0.3 is 64.2 Å². The van der Waals surface area contributed by atoms with Crippen molar-refractivity contribution in [3.63, 3.8) is 0 Å². The Morgan fingerprint density at radius 2 is 0.904 bits per heavy atom. The molecule has 0 atom stereocenters. The smallest absolute Gasteiger partial charge is 0.407 e. The minimum absolute atomic E-state index is 0.219. The quantitative estimate of drug-likeness (QED) is 0.0165. The summed E-state index contributed by atoms with van der Waals surface area (Å²) in [7, 11) is 0. The van der Waals surface area contributed by atoms with E-state index in [4.69, 9.17) is 55.8 Å². The normalized spacial score (nSPS) is 10.5. The zero-order valence-electron chi connectivity index (χ0n) is 52.0. The molecule has 0 aromatic rings. The maximum atomic E-state index is 11.5. The number of amides is 1. The minimum atomic E-state index is -0.418. The number of carbonyl (C=O) groups excluding carboxylic acids is 2. The molecule has 14 heteroatoms. The van der Waals surface area contributed by atoms with Gasteiger partial charge in [0.25, 0.3) is 0 Å². The fourth-order valence-electron chi connectivity index (χ4n) is 6.02. The molecule has 0 heterocycles. The maximum absolute atomic E-state index is 11.5. The third kappa shape index (κ3) is 120. The number of alkyl halides is 1. The average molecular weight is 1070 g/mol. The van der Waals surface area contributed by atoms with E-state index in [-0.39, 0.29) is 12.7 Å². The number of rotatable bonds is 37. The lowest BCUT2D eigenvalue weighted by atomic mass is 10.0. The van der Waals surface area contributed by atoms with Crippen LogP contribution in [-0.4, -0.2) is 130 Å². The Morgan fingerprint density at radius 3 is 1.21 bits per heavy atom. The van der Waals surface area contributed by atoms with Crippen LogP contribution in [0, 0.1) is 23.7 Å². The lowest BCUT2D eigenvalue weighted by molar-refractivity contribution is -0.108. The summed E-state index contributed by atoms with van der Waals surface area (Å²) in [5, 5.41) is 10.8. The number of nitrogens with one attached hydrogen (secondary N) is 1. The van der Waals surface area contributed by atoms with Crippen LogP contribution in [0.1, 0.15) is 245 Å². The number of hydrogen-bond acceptors (Lipinski definition) is 12. The lowest BCUT2D eigenvalue weighted by Crippen LogP contribution is -2.33. The van der Waals surface area contributed by atoms with Crippen molar-refractivity contribution >= 4 is 24.0 Å². The van der Waals surface area contributed by atoms with Gasteiger partial charge in [-0.05, 0) is 181 Å². The number of hydrogen-bond donors (Lipinski definition) is 8. The van der Waals surface area contributed by atoms with E-state index in [0.29, 0.717) is 31.3 Å². The molecule has 0 aromatic carbocycles. The molecule has 0 spiro atoms. The predicted octanol–water partition coefficient (Wildman–Crippen LogP) is 12.5. The molecule has 0 fully saturated rings. The van der Waals surface area contributed by atoms with Gasteiger partial charge in [0.15, 0.2) is 0 Å². The SMILES string of the molecule is CC(C)CC=O.CC(C)CN(CCCN)CCCCN.CCCCCCCC(C)C.CCCCCN.CCCCCl.CCCCN(CCCCNC(=O)OC(C)(C)C)CC(C)C.NCCCCN.NCCCO. The van der Waals surface area contributed by atoms with E-state index in [0.717, 1.165) is 121 Å². The van der Waals surface area contributed by atoms with Crippen LogP contribution in [0.25, 0.3) is 0 Å². The summed E-state index contributed by atoms with van der Waals surface area (Å²) < 4.78 is 5.21. The first-order chi connectivity index (χ1) is 34.6. The summed E-state index contributed by atoms with van der Waals surface area (Å²) in [6.45, 7) is 44.6. The molecule has 1 amide bonds. The van der Waals surface area contributed by atoms with Crippen molar-refractivity contribution in [2.75, 3.05) is 97.6 Å². The second kappa shape index (κ2) is 79.7. The number of aliphatic hydroxyl groups excluding tert-OH is 1. The van der Waals surface area contributed by atoms with Gasteiger partial charge in [-0.3, -0.25) is 0 Å². The number of nitrogens with two attached hydrogens (primary N) is 6. The molecule has 0 rings (SSSR count). The second-order valence-electron chi connectivity index (χ2n) is 21.6. The first-order valence-electron chi connectivity index (χ1n) is 29.9. The van der Waals surface area contributed by atoms with Gasteiger partial charge in [0.2, 0.25) is 0 Å². The van der Waals surface area contributed by atoms with Gasteiger partial charge in [0.1, 0.15) is 11.9 Å². The van der Waals surface area contributed by atoms with Crippen molar-refractivity contribution in [3.8, 4) is 0 Å². The summed E-state index contributed by atoms with van der Waals surface area (Å²) in [4.78, 5) is 26.2. The molecule has 73 heavy (non-hydrogen) atoms. The zero-order chi connectivity index (χ0) is 57.8. The third-order valence-electron chi connectivity index (χ3n) is 10.0. The molecule has 14 N–H and O–H groups in total. The molecule has 0 saturated carbocycles. The summed E-state index contributed by atoms with van der Waals surface area (Å²) in [5.41, 5.74) is 31.1. The van der Waals surface area contributed by atoms with Crippen LogP contribution < -0.4 is 39.7 Å². The van der Waals surface area contributed by atoms with E-state index in [1.165, 1.54) is 110 Å². The van der Waals surface area contributed by atoms with Crippen molar-refractivity contribution in [1.82, 2.24) is 15.1 Å². The summed E-state index contributed by atoms with van der Waals surface area (Å²) >= 11 is 5.30. The Hall–Kier alpha value is -1.13. The van der Waals surface area contributed by atoms with Crippen LogP contribution in [0.15, 0.2) is 0 Å². The highest BCUT2D eigenvalue weighted by atomic mass is 35.5. The second-order valence-corrected chi connectivity index (χ2v) is 22.0. The Balaban J connectivity index is -0.000000118. The average Bonchev–Trinajstić information content (AvgIpc) is 3.32. The number of unbranched alkanes of at least 4 members (excludes halogenated alkanes) is 11. The summed E-state index contributed by atoms with van der Waals surface area (Å²) in [5.74, 6) is 3.70. The molecule has 0 aliphatic rings. The van der Waals surface area contributed by atoms with E-state index in [1.807, 2.05) is 34.6 Å². The van der Waals surface area contributed by atoms with Gasteiger partial charge in [0.05, 0.1) is 0 Å². The van der Waals surface area contributed by atoms with Crippen LogP contribution in [-0.2, 0) is 9.53 Å². The van der Waals surface area contributed by atoms with Crippen LogP contribution in [0.2, 0.25) is 0 Å². The maximum Gasteiger partial charge on any atom is 0.407 e. The number of ether oxygens (including phenoxy) is 1. The number of nitrogens with zero attached hydrogens (tertiary/aromatic N) is 2. The molecule has 0 aromatic heterocycles. The number of alkyl carbamates (subject to hydrolysis) is 1. The Bertz CT molecular complexity index is 907. The van der Waals surface area contributed by atoms with Crippen LogP contribution in [0.3, 0.4) is 0 Å². The Labute approximate surface area is 463 Å². The van der Waals surface area contributed by atoms with Crippen LogP contribution >= 0.6 is 11.6 Å². The highest BCUT2D eigenvalue weighted by Gasteiger charge is 2.15. The molecule has 0 unspecified atom stereocenters. The molecule has 13 nitrogen and oxygen atoms in total.